The number of hydrogen-bond donors (Lipinski definition) is 2. The second-order valence-corrected chi connectivity index (χ2v) is 6.99. The molecule has 4 rings (SSSR count). The number of nitrogens with zero attached hydrogens (tertiary/aromatic N) is 1. The highest BCUT2D eigenvalue weighted by molar-refractivity contribution is 5.89. The molecular weight excluding hydrogens is 361 g/mol. The predicted molar refractivity (Wildman–Crippen MR) is 104 cm³/mol. The fraction of sp³-hybridized carbons (Fsp3) is 0.286. The number of benzene rings is 2. The average molecular weight is 383 g/mol. The quantitative estimate of drug-likeness (QED) is 0.847. The van der Waals surface area contributed by atoms with Gasteiger partial charge in [0.2, 0.25) is 0 Å². The van der Waals surface area contributed by atoms with E-state index in [4.69, 9.17) is 9.57 Å². The molecule has 0 atom stereocenters. The van der Waals surface area contributed by atoms with Crippen LogP contribution in [0.5, 0.6) is 5.75 Å². The van der Waals surface area contributed by atoms with Crippen LogP contribution in [0.25, 0.3) is 5.70 Å². The van der Waals surface area contributed by atoms with Crippen LogP contribution in [0.3, 0.4) is 0 Å². The molecule has 2 aromatic carbocycles. The lowest BCUT2D eigenvalue weighted by atomic mass is 9.90. The molecule has 1 fully saturated rings. The van der Waals surface area contributed by atoms with E-state index in [0.717, 1.165) is 17.0 Å². The summed E-state index contributed by atoms with van der Waals surface area (Å²) in [5.74, 6) is 0.404. The summed E-state index contributed by atoms with van der Waals surface area (Å²) in [5.41, 5.74) is 4.92. The maximum absolute atomic E-state index is 13.3. The van der Waals surface area contributed by atoms with Crippen molar-refractivity contribution in [1.82, 2.24) is 10.4 Å². The third kappa shape index (κ3) is 3.80. The van der Waals surface area contributed by atoms with E-state index >= 15 is 0 Å². The fourth-order valence-corrected chi connectivity index (χ4v) is 3.51. The molecule has 6 nitrogen and oxygen atoms in total. The Morgan fingerprint density at radius 1 is 1.21 bits per heavy atom. The third-order valence-corrected chi connectivity index (χ3v) is 5.13. The number of likely N-dealkylation sites (tertiary alicyclic amines) is 1. The predicted octanol–water partition coefficient (Wildman–Crippen LogP) is 3.78. The van der Waals surface area contributed by atoms with Gasteiger partial charge in [-0.1, -0.05) is 18.2 Å². The summed E-state index contributed by atoms with van der Waals surface area (Å²) in [7, 11) is 1.64. The molecule has 146 valence electrons. The molecule has 0 saturated carbocycles. The molecule has 0 bridgehead atoms. The van der Waals surface area contributed by atoms with Crippen molar-refractivity contribution in [3.63, 3.8) is 0 Å². The van der Waals surface area contributed by atoms with Crippen molar-refractivity contribution in [3.05, 3.63) is 66.0 Å². The molecule has 0 unspecified atom stereocenters. The van der Waals surface area contributed by atoms with Gasteiger partial charge in [-0.25, -0.2) is 9.18 Å². The zero-order valence-electron chi connectivity index (χ0n) is 15.6. The summed E-state index contributed by atoms with van der Waals surface area (Å²) in [5, 5.41) is 2.74. The zero-order valence-corrected chi connectivity index (χ0v) is 15.6. The van der Waals surface area contributed by atoms with Crippen molar-refractivity contribution in [2.75, 3.05) is 25.5 Å². The molecule has 28 heavy (non-hydrogen) atoms. The Morgan fingerprint density at radius 3 is 2.75 bits per heavy atom. The monoisotopic (exact) mass is 383 g/mol. The van der Waals surface area contributed by atoms with Crippen molar-refractivity contribution in [2.24, 2.45) is 0 Å². The van der Waals surface area contributed by atoms with E-state index in [0.29, 0.717) is 31.6 Å². The number of amides is 2. The van der Waals surface area contributed by atoms with E-state index in [-0.39, 0.29) is 11.8 Å². The van der Waals surface area contributed by atoms with Crippen LogP contribution in [0.2, 0.25) is 0 Å². The van der Waals surface area contributed by atoms with Gasteiger partial charge in [0.1, 0.15) is 17.2 Å². The number of methoxy groups -OCH3 is 1. The van der Waals surface area contributed by atoms with Gasteiger partial charge in [-0.3, -0.25) is 10.3 Å². The molecule has 2 aromatic rings. The maximum atomic E-state index is 13.3. The molecule has 2 N–H and O–H groups in total. The Morgan fingerprint density at radius 2 is 2.00 bits per heavy atom. The first kappa shape index (κ1) is 18.3. The Kier molecular flexibility index (Phi) is 4.92. The Labute approximate surface area is 162 Å². The summed E-state index contributed by atoms with van der Waals surface area (Å²) in [4.78, 5) is 20.1. The highest BCUT2D eigenvalue weighted by atomic mass is 19.1. The topological polar surface area (TPSA) is 62.8 Å². The first-order valence-electron chi connectivity index (χ1n) is 9.20. The Hall–Kier alpha value is -3.06. The number of hydroxylamine groups is 1. The van der Waals surface area contributed by atoms with Gasteiger partial charge in [-0.15, -0.1) is 0 Å². The van der Waals surface area contributed by atoms with Gasteiger partial charge < -0.3 is 15.0 Å². The molecule has 2 aliphatic rings. The van der Waals surface area contributed by atoms with Gasteiger partial charge in [-0.2, -0.15) is 0 Å². The SMILES string of the molecule is COc1cccc(C2=CC3(CCN(C(=O)Nc4cccc(F)c4)CC3)ON2)c1. The van der Waals surface area contributed by atoms with Crippen LogP contribution in [0.4, 0.5) is 14.9 Å². The average Bonchev–Trinajstić information content (AvgIpc) is 3.12. The third-order valence-electron chi connectivity index (χ3n) is 5.13. The second-order valence-electron chi connectivity index (χ2n) is 6.99. The Balaban J connectivity index is 1.39. The first-order valence-corrected chi connectivity index (χ1v) is 9.20. The van der Waals surface area contributed by atoms with Crippen LogP contribution in [0.15, 0.2) is 54.6 Å². The summed E-state index contributed by atoms with van der Waals surface area (Å²) >= 11 is 0. The molecule has 0 radical (unpaired) electrons. The first-order chi connectivity index (χ1) is 13.6. The molecule has 0 aromatic heterocycles. The molecule has 2 amide bonds. The maximum Gasteiger partial charge on any atom is 0.321 e. The molecule has 7 heteroatoms. The zero-order chi connectivity index (χ0) is 19.6. The number of carbonyl (C=O) groups is 1. The largest absolute Gasteiger partial charge is 0.497 e. The van der Waals surface area contributed by atoms with Gasteiger partial charge >= 0.3 is 6.03 Å². The highest BCUT2D eigenvalue weighted by Gasteiger charge is 2.39. The summed E-state index contributed by atoms with van der Waals surface area (Å²) in [6.45, 7) is 1.09. The molecular formula is C21H22FN3O3. The van der Waals surface area contributed by atoms with E-state index in [2.05, 4.69) is 16.9 Å². The van der Waals surface area contributed by atoms with E-state index in [1.54, 1.807) is 24.1 Å². The standard InChI is InChI=1S/C21H22FN3O3/c1-27-18-7-2-4-15(12-18)19-14-21(28-24-19)8-10-25(11-9-21)20(26)23-17-6-3-5-16(22)13-17/h2-7,12-14,24H,8-11H2,1H3,(H,23,26). The summed E-state index contributed by atoms with van der Waals surface area (Å²) in [6.07, 6.45) is 3.43. The smallest absolute Gasteiger partial charge is 0.321 e. The number of urea groups is 1. The fourth-order valence-electron chi connectivity index (χ4n) is 3.51. The molecule has 2 heterocycles. The number of hydrogen-bond acceptors (Lipinski definition) is 4. The lowest BCUT2D eigenvalue weighted by molar-refractivity contribution is -0.0634. The van der Waals surface area contributed by atoms with Gasteiger partial charge in [0.05, 0.1) is 12.8 Å². The lowest BCUT2D eigenvalue weighted by Gasteiger charge is -2.36. The second kappa shape index (κ2) is 7.52. The minimum absolute atomic E-state index is 0.233. The van der Waals surface area contributed by atoms with E-state index in [9.17, 15) is 9.18 Å². The van der Waals surface area contributed by atoms with E-state index in [1.807, 2.05) is 24.3 Å². The lowest BCUT2D eigenvalue weighted by Crippen LogP contribution is -2.48. The van der Waals surface area contributed by atoms with E-state index < -0.39 is 5.60 Å². The minimum Gasteiger partial charge on any atom is -0.497 e. The van der Waals surface area contributed by atoms with Crippen molar-refractivity contribution in [2.45, 2.75) is 18.4 Å². The van der Waals surface area contributed by atoms with Crippen LogP contribution in [0.1, 0.15) is 18.4 Å². The van der Waals surface area contributed by atoms with Crippen LogP contribution < -0.4 is 15.5 Å². The van der Waals surface area contributed by atoms with Gasteiger partial charge in [0.25, 0.3) is 0 Å². The summed E-state index contributed by atoms with van der Waals surface area (Å²) < 4.78 is 18.6. The number of halogens is 1. The number of nitrogens with one attached hydrogen (secondary N) is 2. The summed E-state index contributed by atoms with van der Waals surface area (Å²) in [6, 6.07) is 13.4. The van der Waals surface area contributed by atoms with Crippen LogP contribution in [-0.4, -0.2) is 36.7 Å². The van der Waals surface area contributed by atoms with Gasteiger partial charge in [-0.05, 0) is 36.4 Å². The number of anilines is 1. The van der Waals surface area contributed by atoms with Crippen LogP contribution in [-0.2, 0) is 4.84 Å². The minimum atomic E-state index is -0.436. The highest BCUT2D eigenvalue weighted by Crippen LogP contribution is 2.35. The van der Waals surface area contributed by atoms with Crippen molar-refractivity contribution < 1.29 is 18.8 Å². The molecule has 1 spiro atoms. The molecule has 1 saturated heterocycles. The van der Waals surface area contributed by atoms with Crippen LogP contribution in [0, 0.1) is 5.82 Å². The van der Waals surface area contributed by atoms with Gasteiger partial charge in [0.15, 0.2) is 0 Å². The van der Waals surface area contributed by atoms with Gasteiger partial charge in [0, 0.05) is 37.2 Å². The van der Waals surface area contributed by atoms with Crippen molar-refractivity contribution in [3.8, 4) is 5.75 Å². The molecule has 0 aliphatic carbocycles. The molecule has 2 aliphatic heterocycles. The van der Waals surface area contributed by atoms with E-state index in [1.165, 1.54) is 12.1 Å². The number of rotatable bonds is 3. The van der Waals surface area contributed by atoms with Crippen molar-refractivity contribution in [1.29, 1.82) is 0 Å². The number of carbonyl (C=O) groups excluding carboxylic acids is 1. The Bertz CT molecular complexity index is 907. The number of piperidine rings is 1. The van der Waals surface area contributed by atoms with Crippen LogP contribution >= 0.6 is 0 Å². The number of ether oxygens (including phenoxy) is 1. The normalized spacial score (nSPS) is 17.8. The van der Waals surface area contributed by atoms with Crippen molar-refractivity contribution >= 4 is 17.4 Å².